The van der Waals surface area contributed by atoms with E-state index in [1.807, 2.05) is 6.07 Å². The highest BCUT2D eigenvalue weighted by molar-refractivity contribution is 5.93. The molecule has 0 saturated heterocycles. The number of hydrogen-bond acceptors (Lipinski definition) is 4. The second-order valence-electron chi connectivity index (χ2n) is 5.72. The third-order valence-electron chi connectivity index (χ3n) is 4.11. The van der Waals surface area contributed by atoms with Gasteiger partial charge < -0.3 is 5.32 Å². The highest BCUT2D eigenvalue weighted by Gasteiger charge is 2.15. The summed E-state index contributed by atoms with van der Waals surface area (Å²) >= 11 is 0. The lowest BCUT2D eigenvalue weighted by molar-refractivity contribution is 0.617. The Morgan fingerprint density at radius 1 is 0.885 bits per heavy atom. The maximum Gasteiger partial charge on any atom is 0.163 e. The summed E-state index contributed by atoms with van der Waals surface area (Å²) in [7, 11) is 1.71. The van der Waals surface area contributed by atoms with E-state index >= 15 is 0 Å². The van der Waals surface area contributed by atoms with Crippen molar-refractivity contribution in [3.8, 4) is 22.5 Å². The standard InChI is InChI=1S/C20H14F2N4/c1-23-20-15-9-17(22)14(13-6-2-3-7-16(13)21)10-18(15)25-19(26-20)12-5-4-8-24-11-12/h2-11H,1H3,(H,23,25,26). The van der Waals surface area contributed by atoms with Crippen molar-refractivity contribution in [1.82, 2.24) is 15.0 Å². The van der Waals surface area contributed by atoms with Crippen molar-refractivity contribution in [2.24, 2.45) is 0 Å². The van der Waals surface area contributed by atoms with Crippen molar-refractivity contribution in [2.75, 3.05) is 12.4 Å². The molecule has 0 amide bonds. The molecule has 0 aliphatic heterocycles. The Labute approximate surface area is 148 Å². The summed E-state index contributed by atoms with van der Waals surface area (Å²) in [5, 5.41) is 3.49. The second kappa shape index (κ2) is 6.48. The minimum absolute atomic E-state index is 0.161. The zero-order valence-corrected chi connectivity index (χ0v) is 13.9. The molecule has 26 heavy (non-hydrogen) atoms. The fourth-order valence-corrected chi connectivity index (χ4v) is 2.85. The maximum atomic E-state index is 14.7. The molecule has 4 rings (SSSR count). The third-order valence-corrected chi connectivity index (χ3v) is 4.11. The van der Waals surface area contributed by atoms with Gasteiger partial charge in [0, 0.05) is 41.5 Å². The lowest BCUT2D eigenvalue weighted by atomic mass is 10.0. The molecular formula is C20H14F2N4. The molecule has 0 fully saturated rings. The van der Waals surface area contributed by atoms with E-state index in [2.05, 4.69) is 20.3 Å². The molecule has 1 N–H and O–H groups in total. The van der Waals surface area contributed by atoms with Crippen LogP contribution in [0.15, 0.2) is 60.9 Å². The van der Waals surface area contributed by atoms with E-state index in [-0.39, 0.29) is 11.1 Å². The van der Waals surface area contributed by atoms with Gasteiger partial charge in [-0.1, -0.05) is 18.2 Å². The predicted molar refractivity (Wildman–Crippen MR) is 97.7 cm³/mol. The van der Waals surface area contributed by atoms with E-state index < -0.39 is 11.6 Å². The molecule has 4 nitrogen and oxygen atoms in total. The summed E-state index contributed by atoms with van der Waals surface area (Å²) in [5.41, 5.74) is 1.61. The fourth-order valence-electron chi connectivity index (χ4n) is 2.85. The van der Waals surface area contributed by atoms with Crippen LogP contribution < -0.4 is 5.32 Å². The van der Waals surface area contributed by atoms with E-state index in [0.717, 1.165) is 5.56 Å². The van der Waals surface area contributed by atoms with Crippen LogP contribution in [-0.2, 0) is 0 Å². The summed E-state index contributed by atoms with van der Waals surface area (Å²) in [5.74, 6) is -0.0631. The van der Waals surface area contributed by atoms with Crippen molar-refractivity contribution in [3.63, 3.8) is 0 Å². The largest absolute Gasteiger partial charge is 0.373 e. The molecule has 2 aromatic carbocycles. The van der Waals surface area contributed by atoms with Crippen LogP contribution in [0, 0.1) is 11.6 Å². The smallest absolute Gasteiger partial charge is 0.163 e. The Hall–Kier alpha value is -3.41. The van der Waals surface area contributed by atoms with Crippen LogP contribution in [-0.4, -0.2) is 22.0 Å². The normalized spacial score (nSPS) is 10.9. The third kappa shape index (κ3) is 2.75. The van der Waals surface area contributed by atoms with Crippen LogP contribution in [0.4, 0.5) is 14.6 Å². The molecule has 0 atom stereocenters. The van der Waals surface area contributed by atoms with E-state index in [0.29, 0.717) is 22.5 Å². The summed E-state index contributed by atoms with van der Waals surface area (Å²) in [4.78, 5) is 13.1. The molecule has 4 aromatic rings. The summed E-state index contributed by atoms with van der Waals surface area (Å²) in [6, 6.07) is 12.6. The molecular weight excluding hydrogens is 334 g/mol. The van der Waals surface area contributed by atoms with Gasteiger partial charge in [0.1, 0.15) is 17.5 Å². The number of hydrogen-bond donors (Lipinski definition) is 1. The first-order valence-corrected chi connectivity index (χ1v) is 8.01. The van der Waals surface area contributed by atoms with Gasteiger partial charge in [0.15, 0.2) is 5.82 Å². The minimum atomic E-state index is -0.531. The SMILES string of the molecule is CNc1nc(-c2cccnc2)nc2cc(-c3ccccc3F)c(F)cc12. The maximum absolute atomic E-state index is 14.7. The van der Waals surface area contributed by atoms with Crippen molar-refractivity contribution in [2.45, 2.75) is 0 Å². The topological polar surface area (TPSA) is 50.7 Å². The number of fused-ring (bicyclic) bond motifs is 1. The number of nitrogens with one attached hydrogen (secondary N) is 1. The predicted octanol–water partition coefficient (Wildman–Crippen LogP) is 4.68. The molecule has 0 saturated carbocycles. The molecule has 0 aliphatic carbocycles. The first kappa shape index (κ1) is 16.1. The van der Waals surface area contributed by atoms with E-state index in [1.54, 1.807) is 49.8 Å². The van der Waals surface area contributed by atoms with Crippen LogP contribution in [0.5, 0.6) is 0 Å². The first-order valence-electron chi connectivity index (χ1n) is 8.01. The Morgan fingerprint density at radius 2 is 1.73 bits per heavy atom. The Kier molecular flexibility index (Phi) is 4.01. The van der Waals surface area contributed by atoms with E-state index in [4.69, 9.17) is 0 Å². The van der Waals surface area contributed by atoms with Crippen LogP contribution in [0.1, 0.15) is 0 Å². The fraction of sp³-hybridized carbons (Fsp3) is 0.0500. The van der Waals surface area contributed by atoms with E-state index in [1.165, 1.54) is 12.1 Å². The van der Waals surface area contributed by atoms with Gasteiger partial charge in [0.05, 0.1) is 5.52 Å². The average Bonchev–Trinajstić information content (AvgIpc) is 2.68. The molecule has 0 aliphatic rings. The van der Waals surface area contributed by atoms with Gasteiger partial charge in [-0.2, -0.15) is 0 Å². The Bertz CT molecular complexity index is 1100. The summed E-state index contributed by atoms with van der Waals surface area (Å²) in [6.45, 7) is 0. The van der Waals surface area contributed by atoms with Gasteiger partial charge in [-0.05, 0) is 30.3 Å². The lowest BCUT2D eigenvalue weighted by Gasteiger charge is -2.11. The average molecular weight is 348 g/mol. The lowest BCUT2D eigenvalue weighted by Crippen LogP contribution is -2.00. The Balaban J connectivity index is 1.98. The van der Waals surface area contributed by atoms with E-state index in [9.17, 15) is 8.78 Å². The van der Waals surface area contributed by atoms with Crippen LogP contribution >= 0.6 is 0 Å². The number of anilines is 1. The number of nitrogens with zero attached hydrogens (tertiary/aromatic N) is 3. The quantitative estimate of drug-likeness (QED) is 0.584. The molecule has 0 spiro atoms. The Morgan fingerprint density at radius 3 is 2.46 bits per heavy atom. The van der Waals surface area contributed by atoms with Gasteiger partial charge in [-0.15, -0.1) is 0 Å². The van der Waals surface area contributed by atoms with Gasteiger partial charge in [-0.25, -0.2) is 18.7 Å². The van der Waals surface area contributed by atoms with Gasteiger partial charge >= 0.3 is 0 Å². The van der Waals surface area contributed by atoms with Crippen molar-refractivity contribution in [1.29, 1.82) is 0 Å². The number of benzene rings is 2. The summed E-state index contributed by atoms with van der Waals surface area (Å²) in [6.07, 6.45) is 3.32. The first-order chi connectivity index (χ1) is 12.7. The molecule has 128 valence electrons. The molecule has 2 heterocycles. The minimum Gasteiger partial charge on any atom is -0.373 e. The zero-order valence-electron chi connectivity index (χ0n) is 13.9. The molecule has 0 unspecified atom stereocenters. The molecule has 0 bridgehead atoms. The molecule has 6 heteroatoms. The molecule has 0 radical (unpaired) electrons. The van der Waals surface area contributed by atoms with Crippen molar-refractivity contribution >= 4 is 16.7 Å². The molecule has 2 aromatic heterocycles. The summed E-state index contributed by atoms with van der Waals surface area (Å²) < 4.78 is 28.8. The van der Waals surface area contributed by atoms with Gasteiger partial charge in [0.2, 0.25) is 0 Å². The van der Waals surface area contributed by atoms with Crippen molar-refractivity contribution < 1.29 is 8.78 Å². The van der Waals surface area contributed by atoms with Gasteiger partial charge in [0.25, 0.3) is 0 Å². The highest BCUT2D eigenvalue weighted by Crippen LogP contribution is 2.32. The number of halogens is 2. The number of aromatic nitrogens is 3. The zero-order chi connectivity index (χ0) is 18.1. The van der Waals surface area contributed by atoms with Crippen LogP contribution in [0.25, 0.3) is 33.4 Å². The van der Waals surface area contributed by atoms with Crippen LogP contribution in [0.2, 0.25) is 0 Å². The monoisotopic (exact) mass is 348 g/mol. The van der Waals surface area contributed by atoms with Crippen LogP contribution in [0.3, 0.4) is 0 Å². The second-order valence-corrected chi connectivity index (χ2v) is 5.72. The van der Waals surface area contributed by atoms with Crippen molar-refractivity contribution in [3.05, 3.63) is 72.6 Å². The van der Waals surface area contributed by atoms with Gasteiger partial charge in [-0.3, -0.25) is 4.98 Å². The number of rotatable bonds is 3. The highest BCUT2D eigenvalue weighted by atomic mass is 19.1. The number of pyridine rings is 1.